The van der Waals surface area contributed by atoms with Gasteiger partial charge in [-0.3, -0.25) is 4.79 Å². The van der Waals surface area contributed by atoms with Crippen LogP contribution in [-0.2, 0) is 11.3 Å². The van der Waals surface area contributed by atoms with Crippen molar-refractivity contribution in [3.8, 4) is 0 Å². The third-order valence-corrected chi connectivity index (χ3v) is 4.02. The van der Waals surface area contributed by atoms with Crippen LogP contribution < -0.4 is 11.1 Å². The van der Waals surface area contributed by atoms with E-state index in [1.807, 2.05) is 55.5 Å². The third-order valence-electron chi connectivity index (χ3n) is 4.02. The molecule has 0 aliphatic heterocycles. The molecule has 2 aromatic rings. The van der Waals surface area contributed by atoms with E-state index in [1.165, 1.54) is 5.56 Å². The molecule has 0 bridgehead atoms. The number of carbonyl (C=O) groups excluding carboxylic acids is 1. The SMILES string of the molecule is CC(CN(C)Cc1ccccc1)NC(=O)C(CN)c1ccccc1.Cl. The predicted molar refractivity (Wildman–Crippen MR) is 106 cm³/mol. The van der Waals surface area contributed by atoms with Crippen molar-refractivity contribution in [2.75, 3.05) is 20.1 Å². The molecule has 0 saturated heterocycles. The maximum atomic E-state index is 12.5. The minimum absolute atomic E-state index is 0. The molecule has 4 nitrogen and oxygen atoms in total. The van der Waals surface area contributed by atoms with E-state index in [4.69, 9.17) is 5.73 Å². The Kier molecular flexibility index (Phi) is 9.21. The second kappa shape index (κ2) is 10.9. The van der Waals surface area contributed by atoms with E-state index in [0.717, 1.165) is 18.7 Å². The number of hydrogen-bond donors (Lipinski definition) is 2. The van der Waals surface area contributed by atoms with Gasteiger partial charge in [-0.15, -0.1) is 12.4 Å². The molecule has 0 fully saturated rings. The van der Waals surface area contributed by atoms with Crippen LogP contribution in [0.5, 0.6) is 0 Å². The highest BCUT2D eigenvalue weighted by Gasteiger charge is 2.20. The van der Waals surface area contributed by atoms with Gasteiger partial charge in [0.05, 0.1) is 5.92 Å². The predicted octanol–water partition coefficient (Wildman–Crippen LogP) is 2.79. The van der Waals surface area contributed by atoms with Gasteiger partial charge in [-0.05, 0) is 25.1 Å². The molecule has 0 saturated carbocycles. The van der Waals surface area contributed by atoms with Gasteiger partial charge >= 0.3 is 0 Å². The van der Waals surface area contributed by atoms with Gasteiger partial charge in [-0.2, -0.15) is 0 Å². The van der Waals surface area contributed by atoms with Crippen LogP contribution in [0.25, 0.3) is 0 Å². The Labute approximate surface area is 156 Å². The van der Waals surface area contributed by atoms with Crippen molar-refractivity contribution in [1.82, 2.24) is 10.2 Å². The zero-order chi connectivity index (χ0) is 17.4. The Morgan fingerprint density at radius 1 is 1.08 bits per heavy atom. The molecule has 2 rings (SSSR count). The Morgan fingerprint density at radius 2 is 1.64 bits per heavy atom. The summed E-state index contributed by atoms with van der Waals surface area (Å²) in [5.41, 5.74) is 8.04. The first-order valence-corrected chi connectivity index (χ1v) is 8.38. The van der Waals surface area contributed by atoms with Gasteiger partial charge in [-0.25, -0.2) is 0 Å². The van der Waals surface area contributed by atoms with Crippen LogP contribution in [0.2, 0.25) is 0 Å². The summed E-state index contributed by atoms with van der Waals surface area (Å²) in [7, 11) is 2.06. The van der Waals surface area contributed by atoms with Crippen LogP contribution >= 0.6 is 12.4 Å². The lowest BCUT2D eigenvalue weighted by atomic mass is 9.98. The lowest BCUT2D eigenvalue weighted by Gasteiger charge is -2.24. The number of amides is 1. The Morgan fingerprint density at radius 3 is 2.20 bits per heavy atom. The summed E-state index contributed by atoms with van der Waals surface area (Å²) in [5, 5.41) is 3.09. The Bertz CT molecular complexity index is 621. The number of nitrogens with one attached hydrogen (secondary N) is 1. The standard InChI is InChI=1S/C20H27N3O.ClH/c1-16(14-23(2)15-17-9-5-3-6-10-17)22-20(24)19(13-21)18-11-7-4-8-12-18;/h3-12,16,19H,13-15,21H2,1-2H3,(H,22,24);1H. The van der Waals surface area contributed by atoms with Crippen molar-refractivity contribution >= 4 is 18.3 Å². The summed E-state index contributed by atoms with van der Waals surface area (Å²) >= 11 is 0. The van der Waals surface area contributed by atoms with Crippen molar-refractivity contribution in [3.63, 3.8) is 0 Å². The molecule has 25 heavy (non-hydrogen) atoms. The van der Waals surface area contributed by atoms with E-state index in [2.05, 4.69) is 29.4 Å². The zero-order valence-corrected chi connectivity index (χ0v) is 15.7. The van der Waals surface area contributed by atoms with E-state index in [-0.39, 0.29) is 30.3 Å². The van der Waals surface area contributed by atoms with Crippen molar-refractivity contribution in [1.29, 1.82) is 0 Å². The Balaban J connectivity index is 0.00000312. The fourth-order valence-electron chi connectivity index (χ4n) is 2.90. The normalized spacial score (nSPS) is 13.0. The number of carbonyl (C=O) groups is 1. The van der Waals surface area contributed by atoms with Crippen LogP contribution in [0.3, 0.4) is 0 Å². The first kappa shape index (κ1) is 21.2. The minimum Gasteiger partial charge on any atom is -0.352 e. The van der Waals surface area contributed by atoms with Crippen molar-refractivity contribution in [2.24, 2.45) is 5.73 Å². The first-order valence-electron chi connectivity index (χ1n) is 8.38. The van der Waals surface area contributed by atoms with Gasteiger partial charge in [0, 0.05) is 25.7 Å². The molecule has 2 atom stereocenters. The Hall–Kier alpha value is -1.88. The molecule has 1 amide bonds. The number of hydrogen-bond acceptors (Lipinski definition) is 3. The molecule has 0 heterocycles. The van der Waals surface area contributed by atoms with E-state index < -0.39 is 0 Å². The van der Waals surface area contributed by atoms with Crippen molar-refractivity contribution < 1.29 is 4.79 Å². The van der Waals surface area contributed by atoms with Crippen molar-refractivity contribution in [2.45, 2.75) is 25.4 Å². The van der Waals surface area contributed by atoms with Gasteiger partial charge in [0.25, 0.3) is 0 Å². The monoisotopic (exact) mass is 361 g/mol. The number of likely N-dealkylation sites (N-methyl/N-ethyl adjacent to an activating group) is 1. The van der Waals surface area contributed by atoms with E-state index in [0.29, 0.717) is 6.54 Å². The number of halogens is 1. The average Bonchev–Trinajstić information content (AvgIpc) is 2.57. The lowest BCUT2D eigenvalue weighted by Crippen LogP contribution is -2.43. The number of rotatable bonds is 8. The van der Waals surface area contributed by atoms with Gasteiger partial charge in [-0.1, -0.05) is 60.7 Å². The van der Waals surface area contributed by atoms with E-state index in [9.17, 15) is 4.79 Å². The molecule has 2 aromatic carbocycles. The van der Waals surface area contributed by atoms with E-state index in [1.54, 1.807) is 0 Å². The molecule has 0 radical (unpaired) electrons. The molecule has 136 valence electrons. The number of nitrogens with two attached hydrogens (primary N) is 1. The highest BCUT2D eigenvalue weighted by Crippen LogP contribution is 2.14. The van der Waals surface area contributed by atoms with E-state index >= 15 is 0 Å². The van der Waals surface area contributed by atoms with Crippen LogP contribution in [-0.4, -0.2) is 37.0 Å². The summed E-state index contributed by atoms with van der Waals surface area (Å²) in [6.07, 6.45) is 0. The summed E-state index contributed by atoms with van der Waals surface area (Å²) < 4.78 is 0. The molecule has 0 aromatic heterocycles. The minimum atomic E-state index is -0.298. The average molecular weight is 362 g/mol. The van der Waals surface area contributed by atoms with Gasteiger partial charge in [0.1, 0.15) is 0 Å². The number of nitrogens with zero attached hydrogens (tertiary/aromatic N) is 1. The van der Waals surface area contributed by atoms with Crippen molar-refractivity contribution in [3.05, 3.63) is 71.8 Å². The largest absolute Gasteiger partial charge is 0.352 e. The maximum Gasteiger partial charge on any atom is 0.229 e. The highest BCUT2D eigenvalue weighted by atomic mass is 35.5. The second-order valence-corrected chi connectivity index (χ2v) is 6.29. The maximum absolute atomic E-state index is 12.5. The molecule has 3 N–H and O–H groups in total. The molecule has 2 unspecified atom stereocenters. The zero-order valence-electron chi connectivity index (χ0n) is 14.9. The second-order valence-electron chi connectivity index (χ2n) is 6.29. The highest BCUT2D eigenvalue weighted by molar-refractivity contribution is 5.85. The quantitative estimate of drug-likeness (QED) is 0.760. The molecular formula is C20H28ClN3O. The number of benzene rings is 2. The summed E-state index contributed by atoms with van der Waals surface area (Å²) in [5.74, 6) is -0.308. The lowest BCUT2D eigenvalue weighted by molar-refractivity contribution is -0.123. The van der Waals surface area contributed by atoms with Crippen LogP contribution in [0.15, 0.2) is 60.7 Å². The third kappa shape index (κ3) is 6.86. The fraction of sp³-hybridized carbons (Fsp3) is 0.350. The molecule has 0 spiro atoms. The summed E-state index contributed by atoms with van der Waals surface area (Å²) in [6.45, 7) is 3.98. The van der Waals surface area contributed by atoms with Crippen LogP contribution in [0.4, 0.5) is 0 Å². The first-order chi connectivity index (χ1) is 11.6. The van der Waals surface area contributed by atoms with Crippen LogP contribution in [0.1, 0.15) is 24.0 Å². The van der Waals surface area contributed by atoms with Gasteiger partial charge < -0.3 is 16.0 Å². The molecular weight excluding hydrogens is 334 g/mol. The molecule has 0 aliphatic rings. The molecule has 5 heteroatoms. The topological polar surface area (TPSA) is 58.4 Å². The van der Waals surface area contributed by atoms with Gasteiger partial charge in [0.15, 0.2) is 0 Å². The van der Waals surface area contributed by atoms with Crippen LogP contribution in [0, 0.1) is 0 Å². The summed E-state index contributed by atoms with van der Waals surface area (Å²) in [4.78, 5) is 14.7. The fourth-order valence-corrected chi connectivity index (χ4v) is 2.90. The molecule has 0 aliphatic carbocycles. The van der Waals surface area contributed by atoms with Gasteiger partial charge in [0.2, 0.25) is 5.91 Å². The smallest absolute Gasteiger partial charge is 0.229 e. The summed E-state index contributed by atoms with van der Waals surface area (Å²) in [6, 6.07) is 20.1.